The fourth-order valence-electron chi connectivity index (χ4n) is 3.66. The van der Waals surface area contributed by atoms with Crippen molar-refractivity contribution in [1.29, 1.82) is 0 Å². The Labute approximate surface area is 178 Å². The van der Waals surface area contributed by atoms with Crippen LogP contribution in [0, 0.1) is 6.92 Å². The minimum atomic E-state index is 0.0374. The van der Waals surface area contributed by atoms with Gasteiger partial charge < -0.3 is 14.6 Å². The lowest BCUT2D eigenvalue weighted by Crippen LogP contribution is -2.15. The molecule has 0 saturated carbocycles. The monoisotopic (exact) mass is 448 g/mol. The van der Waals surface area contributed by atoms with Crippen LogP contribution in [0.1, 0.15) is 16.1 Å². The molecule has 4 aromatic rings. The summed E-state index contributed by atoms with van der Waals surface area (Å²) >= 11 is 3.58. The van der Waals surface area contributed by atoms with E-state index in [1.165, 1.54) is 0 Å². The second-order valence-electron chi connectivity index (χ2n) is 6.78. The number of nitrogens with zero attached hydrogens (tertiary/aromatic N) is 1. The van der Waals surface area contributed by atoms with Crippen molar-refractivity contribution in [2.45, 2.75) is 6.92 Å². The summed E-state index contributed by atoms with van der Waals surface area (Å²) in [6.07, 6.45) is 0. The molecule has 1 aromatic heterocycles. The normalized spacial score (nSPS) is 10.9. The molecule has 0 bridgehead atoms. The molecule has 0 fully saturated rings. The first-order chi connectivity index (χ1) is 14.1. The number of hydrogen-bond donors (Lipinski definition) is 1. The maximum absolute atomic E-state index is 13.3. The predicted octanol–water partition coefficient (Wildman–Crippen LogP) is 6.00. The summed E-state index contributed by atoms with van der Waals surface area (Å²) in [6.45, 7) is 2.21. The van der Waals surface area contributed by atoms with Gasteiger partial charge >= 0.3 is 0 Å². The number of aromatic nitrogens is 1. The molecule has 0 atom stereocenters. The van der Waals surface area contributed by atoms with E-state index in [0.717, 1.165) is 32.4 Å². The van der Waals surface area contributed by atoms with Crippen LogP contribution in [0.4, 0.5) is 5.69 Å². The lowest BCUT2D eigenvalue weighted by atomic mass is 10.1. The second kappa shape index (κ2) is 8.13. The summed E-state index contributed by atoms with van der Waals surface area (Å²) in [5.74, 6) is 0.739. The van der Waals surface area contributed by atoms with Crippen LogP contribution in [0.3, 0.4) is 0 Å². The zero-order chi connectivity index (χ0) is 20.4. The molecule has 4 rings (SSSR count). The Morgan fingerprint density at radius 2 is 1.69 bits per heavy atom. The predicted molar refractivity (Wildman–Crippen MR) is 122 cm³/mol. The van der Waals surface area contributed by atoms with Gasteiger partial charge in [-0.1, -0.05) is 36.4 Å². The van der Waals surface area contributed by atoms with Gasteiger partial charge in [0.2, 0.25) is 0 Å². The van der Waals surface area contributed by atoms with E-state index in [2.05, 4.69) is 25.8 Å². The number of methoxy groups -OCH3 is 1. The molecule has 3 aromatic carbocycles. The molecule has 0 aliphatic heterocycles. The summed E-state index contributed by atoms with van der Waals surface area (Å²) in [7, 11) is 1.63. The van der Waals surface area contributed by atoms with Crippen molar-refractivity contribution < 1.29 is 9.53 Å². The van der Waals surface area contributed by atoms with Gasteiger partial charge in [-0.05, 0) is 59.3 Å². The van der Waals surface area contributed by atoms with Gasteiger partial charge in [-0.3, -0.25) is 4.79 Å². The highest BCUT2D eigenvalue weighted by atomic mass is 79.9. The molecule has 1 N–H and O–H groups in total. The Morgan fingerprint density at radius 1 is 1.03 bits per heavy atom. The average Bonchev–Trinajstić information content (AvgIpc) is 3.03. The first kappa shape index (κ1) is 19.3. The van der Waals surface area contributed by atoms with Gasteiger partial charge in [0.25, 0.3) is 0 Å². The maximum Gasteiger partial charge on any atom is 0.184 e. The lowest BCUT2D eigenvalue weighted by Gasteiger charge is -2.09. The highest BCUT2D eigenvalue weighted by molar-refractivity contribution is 9.10. The summed E-state index contributed by atoms with van der Waals surface area (Å²) in [4.78, 5) is 13.3. The first-order valence-corrected chi connectivity index (χ1v) is 10.2. The number of Topliss-reactive ketones (excluding diaryl/α,β-unsaturated/α-hetero) is 1. The highest BCUT2D eigenvalue weighted by Gasteiger charge is 2.22. The lowest BCUT2D eigenvalue weighted by molar-refractivity contribution is 0.101. The number of benzene rings is 3. The molecular formula is C24H21BrN2O2. The van der Waals surface area contributed by atoms with Crippen LogP contribution in [0.15, 0.2) is 77.3 Å². The van der Waals surface area contributed by atoms with Crippen LogP contribution in [0.2, 0.25) is 0 Å². The molecule has 0 amide bonds. The van der Waals surface area contributed by atoms with Gasteiger partial charge in [0.1, 0.15) is 5.75 Å². The maximum atomic E-state index is 13.3. The third kappa shape index (κ3) is 3.66. The highest BCUT2D eigenvalue weighted by Crippen LogP contribution is 2.36. The van der Waals surface area contributed by atoms with E-state index in [1.807, 2.05) is 79.7 Å². The van der Waals surface area contributed by atoms with Crippen LogP contribution in [0.25, 0.3) is 16.6 Å². The van der Waals surface area contributed by atoms with E-state index in [0.29, 0.717) is 11.3 Å². The molecule has 5 heteroatoms. The molecular weight excluding hydrogens is 428 g/mol. The Bertz CT molecular complexity index is 1170. The van der Waals surface area contributed by atoms with E-state index in [9.17, 15) is 4.79 Å². The van der Waals surface area contributed by atoms with Gasteiger partial charge in [0.15, 0.2) is 5.78 Å². The number of para-hydroxylation sites is 2. The molecule has 0 aliphatic carbocycles. The molecule has 29 heavy (non-hydrogen) atoms. The van der Waals surface area contributed by atoms with Crippen LogP contribution in [0.5, 0.6) is 5.75 Å². The van der Waals surface area contributed by atoms with E-state index < -0.39 is 0 Å². The van der Waals surface area contributed by atoms with Crippen LogP contribution in [-0.4, -0.2) is 24.0 Å². The molecule has 0 radical (unpaired) electrons. The fourth-order valence-corrected chi connectivity index (χ4v) is 4.15. The van der Waals surface area contributed by atoms with Crippen molar-refractivity contribution in [1.82, 2.24) is 4.57 Å². The average molecular weight is 449 g/mol. The van der Waals surface area contributed by atoms with Crippen LogP contribution >= 0.6 is 15.9 Å². The van der Waals surface area contributed by atoms with Crippen LogP contribution in [-0.2, 0) is 0 Å². The minimum absolute atomic E-state index is 0.0374. The number of ether oxygens (including phenoxy) is 1. The topological polar surface area (TPSA) is 43.3 Å². The smallest absolute Gasteiger partial charge is 0.184 e. The van der Waals surface area contributed by atoms with Gasteiger partial charge in [0, 0.05) is 28.0 Å². The first-order valence-electron chi connectivity index (χ1n) is 9.36. The number of ketones is 1. The molecule has 146 valence electrons. The molecule has 0 saturated heterocycles. The van der Waals surface area contributed by atoms with Crippen molar-refractivity contribution in [3.8, 4) is 11.4 Å². The summed E-state index contributed by atoms with van der Waals surface area (Å²) in [5, 5.41) is 4.11. The van der Waals surface area contributed by atoms with E-state index >= 15 is 0 Å². The number of nitrogens with one attached hydrogen (secondary N) is 1. The number of carbonyl (C=O) groups is 1. The Balaban J connectivity index is 1.84. The summed E-state index contributed by atoms with van der Waals surface area (Å²) in [5.41, 5.74) is 4.52. The standard InChI is InChI=1S/C24H21BrN2O2/c1-16-24(22(28)15-26-17-9-5-3-6-10-17)19-13-23(29-2)20(25)14-21(19)27(16)18-11-7-4-8-12-18/h3-14,26H,15H2,1-2H3. The van der Waals surface area contributed by atoms with Crippen molar-refractivity contribution in [3.05, 3.63) is 88.5 Å². The summed E-state index contributed by atoms with van der Waals surface area (Å²) < 4.78 is 8.46. The number of fused-ring (bicyclic) bond motifs is 1. The molecule has 0 spiro atoms. The van der Waals surface area contributed by atoms with E-state index in [1.54, 1.807) is 7.11 Å². The number of rotatable bonds is 6. The van der Waals surface area contributed by atoms with Gasteiger partial charge in [-0.2, -0.15) is 0 Å². The van der Waals surface area contributed by atoms with Crippen molar-refractivity contribution >= 4 is 38.3 Å². The number of hydrogen-bond acceptors (Lipinski definition) is 3. The SMILES string of the molecule is COc1cc2c(C(=O)CNc3ccccc3)c(C)n(-c3ccccc3)c2cc1Br. The number of anilines is 1. The third-order valence-corrected chi connectivity index (χ3v) is 5.62. The molecule has 1 heterocycles. The van der Waals surface area contributed by atoms with Crippen molar-refractivity contribution in [2.75, 3.05) is 19.0 Å². The largest absolute Gasteiger partial charge is 0.496 e. The van der Waals surface area contributed by atoms with Gasteiger partial charge in [-0.25, -0.2) is 0 Å². The van der Waals surface area contributed by atoms with Crippen molar-refractivity contribution in [3.63, 3.8) is 0 Å². The van der Waals surface area contributed by atoms with Gasteiger partial charge in [-0.15, -0.1) is 0 Å². The summed E-state index contributed by atoms with van der Waals surface area (Å²) in [6, 6.07) is 23.8. The quantitative estimate of drug-likeness (QED) is 0.367. The number of halogens is 1. The second-order valence-corrected chi connectivity index (χ2v) is 7.63. The Hall–Kier alpha value is -3.05. The van der Waals surface area contributed by atoms with E-state index in [-0.39, 0.29) is 12.3 Å². The Kier molecular flexibility index (Phi) is 5.41. The molecule has 0 aliphatic rings. The third-order valence-electron chi connectivity index (χ3n) is 5.00. The minimum Gasteiger partial charge on any atom is -0.496 e. The van der Waals surface area contributed by atoms with Crippen molar-refractivity contribution in [2.24, 2.45) is 0 Å². The van der Waals surface area contributed by atoms with Gasteiger partial charge in [0.05, 0.1) is 23.6 Å². The number of carbonyl (C=O) groups excluding carboxylic acids is 1. The fraction of sp³-hybridized carbons (Fsp3) is 0.125. The Morgan fingerprint density at radius 3 is 2.34 bits per heavy atom. The molecule has 4 nitrogen and oxygen atoms in total. The zero-order valence-electron chi connectivity index (χ0n) is 16.3. The zero-order valence-corrected chi connectivity index (χ0v) is 17.9. The van der Waals surface area contributed by atoms with E-state index in [4.69, 9.17) is 4.74 Å². The molecule has 0 unspecified atom stereocenters. The van der Waals surface area contributed by atoms with Crippen LogP contribution < -0.4 is 10.1 Å².